The summed E-state index contributed by atoms with van der Waals surface area (Å²) in [6, 6.07) is 8.72. The molecule has 0 fully saturated rings. The minimum atomic E-state index is -0.839. The zero-order valence-corrected chi connectivity index (χ0v) is 12.7. The summed E-state index contributed by atoms with van der Waals surface area (Å²) in [7, 11) is 3.06. The first kappa shape index (κ1) is 16.5. The third kappa shape index (κ3) is 4.30. The molecule has 122 valence electrons. The Morgan fingerprint density at radius 1 is 1.22 bits per heavy atom. The molecule has 1 aromatic heterocycles. The van der Waals surface area contributed by atoms with E-state index in [4.69, 9.17) is 9.47 Å². The second-order valence-corrected chi connectivity index (χ2v) is 4.52. The zero-order chi connectivity index (χ0) is 16.7. The molecule has 0 aliphatic heterocycles. The highest BCUT2D eigenvalue weighted by Crippen LogP contribution is 2.26. The van der Waals surface area contributed by atoms with Gasteiger partial charge in [-0.3, -0.25) is 14.9 Å². The Hall–Kier alpha value is -2.87. The number of carbonyl (C=O) groups excluding carboxylic acids is 2. The molecule has 2 amide bonds. The van der Waals surface area contributed by atoms with Crippen molar-refractivity contribution < 1.29 is 23.6 Å². The average Bonchev–Trinajstić information content (AvgIpc) is 3.08. The van der Waals surface area contributed by atoms with Crippen LogP contribution in [0.1, 0.15) is 11.7 Å². The van der Waals surface area contributed by atoms with Gasteiger partial charge in [0.25, 0.3) is 0 Å². The standard InChI is InChI=1S/C15H17N3O5/c1-21-11-6-4-3-5-10(11)12(22-2)9-16-14(19)15(20)17-13-7-8-23-18-13/h3-8,12H,9H2,1-2H3,(H,16,19)(H,17,18,20). The first-order chi connectivity index (χ1) is 11.2. The average molecular weight is 319 g/mol. The van der Waals surface area contributed by atoms with E-state index in [1.54, 1.807) is 13.2 Å². The van der Waals surface area contributed by atoms with Gasteiger partial charge in [0, 0.05) is 25.3 Å². The molecule has 0 aliphatic carbocycles. The predicted octanol–water partition coefficient (Wildman–Crippen LogP) is 1.13. The fourth-order valence-corrected chi connectivity index (χ4v) is 1.97. The molecule has 1 unspecified atom stereocenters. The Morgan fingerprint density at radius 3 is 2.65 bits per heavy atom. The van der Waals surface area contributed by atoms with Crippen molar-refractivity contribution in [3.8, 4) is 5.75 Å². The van der Waals surface area contributed by atoms with E-state index in [1.165, 1.54) is 19.4 Å². The Kier molecular flexibility index (Phi) is 5.70. The van der Waals surface area contributed by atoms with E-state index in [2.05, 4.69) is 20.3 Å². The molecular weight excluding hydrogens is 302 g/mol. The van der Waals surface area contributed by atoms with Gasteiger partial charge in [-0.2, -0.15) is 0 Å². The molecule has 1 atom stereocenters. The van der Waals surface area contributed by atoms with Gasteiger partial charge in [0.1, 0.15) is 18.1 Å². The van der Waals surface area contributed by atoms with Crippen LogP contribution in [0.3, 0.4) is 0 Å². The van der Waals surface area contributed by atoms with Crippen LogP contribution in [0.2, 0.25) is 0 Å². The number of amides is 2. The Bertz CT molecular complexity index is 657. The summed E-state index contributed by atoms with van der Waals surface area (Å²) in [5.41, 5.74) is 0.773. The normalized spacial score (nSPS) is 11.6. The molecule has 0 saturated heterocycles. The summed E-state index contributed by atoms with van der Waals surface area (Å²) in [6.07, 6.45) is 0.839. The number of nitrogens with zero attached hydrogens (tertiary/aromatic N) is 1. The Labute approximate surface area is 132 Å². The van der Waals surface area contributed by atoms with Crippen LogP contribution >= 0.6 is 0 Å². The third-order valence-corrected chi connectivity index (χ3v) is 3.10. The van der Waals surface area contributed by atoms with E-state index in [0.29, 0.717) is 5.75 Å². The number of rotatable bonds is 6. The number of carbonyl (C=O) groups is 2. The second kappa shape index (κ2) is 7.95. The topological polar surface area (TPSA) is 103 Å². The van der Waals surface area contributed by atoms with Crippen LogP contribution < -0.4 is 15.4 Å². The Balaban J connectivity index is 1.94. The van der Waals surface area contributed by atoms with Crippen LogP contribution in [0.15, 0.2) is 41.1 Å². The van der Waals surface area contributed by atoms with Crippen LogP contribution in [0, 0.1) is 0 Å². The van der Waals surface area contributed by atoms with E-state index in [9.17, 15) is 9.59 Å². The van der Waals surface area contributed by atoms with Gasteiger partial charge in [0.2, 0.25) is 0 Å². The minimum absolute atomic E-state index is 0.113. The van der Waals surface area contributed by atoms with E-state index < -0.39 is 17.9 Å². The number of methoxy groups -OCH3 is 2. The first-order valence-electron chi connectivity index (χ1n) is 6.81. The lowest BCUT2D eigenvalue weighted by Crippen LogP contribution is -2.38. The van der Waals surface area contributed by atoms with Gasteiger partial charge >= 0.3 is 11.8 Å². The smallest absolute Gasteiger partial charge is 0.314 e. The van der Waals surface area contributed by atoms with Crippen molar-refractivity contribution in [2.75, 3.05) is 26.1 Å². The minimum Gasteiger partial charge on any atom is -0.496 e. The Morgan fingerprint density at radius 2 is 2.00 bits per heavy atom. The molecule has 0 saturated carbocycles. The fraction of sp³-hybridized carbons (Fsp3) is 0.267. The van der Waals surface area contributed by atoms with Gasteiger partial charge < -0.3 is 19.3 Å². The molecular formula is C15H17N3O5. The van der Waals surface area contributed by atoms with Crippen molar-refractivity contribution in [3.05, 3.63) is 42.2 Å². The summed E-state index contributed by atoms with van der Waals surface area (Å²) in [5, 5.41) is 8.30. The summed E-state index contributed by atoms with van der Waals surface area (Å²) in [4.78, 5) is 23.5. The lowest BCUT2D eigenvalue weighted by atomic mass is 10.1. The molecule has 2 aromatic rings. The van der Waals surface area contributed by atoms with Gasteiger partial charge in [0.05, 0.1) is 7.11 Å². The number of ether oxygens (including phenoxy) is 2. The van der Waals surface area contributed by atoms with Crippen LogP contribution in [0.5, 0.6) is 5.75 Å². The monoisotopic (exact) mass is 319 g/mol. The van der Waals surface area contributed by atoms with Gasteiger partial charge in [-0.15, -0.1) is 0 Å². The number of hydrogen-bond donors (Lipinski definition) is 2. The van der Waals surface area contributed by atoms with Crippen molar-refractivity contribution >= 4 is 17.6 Å². The maximum absolute atomic E-state index is 11.8. The third-order valence-electron chi connectivity index (χ3n) is 3.10. The number of benzene rings is 1. The number of aromatic nitrogens is 1. The van der Waals surface area contributed by atoms with Gasteiger partial charge in [-0.05, 0) is 6.07 Å². The molecule has 0 radical (unpaired) electrons. The maximum atomic E-state index is 11.8. The molecule has 0 bridgehead atoms. The lowest BCUT2D eigenvalue weighted by Gasteiger charge is -2.18. The van der Waals surface area contributed by atoms with E-state index >= 15 is 0 Å². The number of nitrogens with one attached hydrogen (secondary N) is 2. The maximum Gasteiger partial charge on any atom is 0.314 e. The first-order valence-corrected chi connectivity index (χ1v) is 6.81. The molecule has 1 heterocycles. The molecule has 0 spiro atoms. The number of para-hydroxylation sites is 1. The molecule has 2 N–H and O–H groups in total. The molecule has 8 heteroatoms. The predicted molar refractivity (Wildman–Crippen MR) is 80.9 cm³/mol. The fourth-order valence-electron chi connectivity index (χ4n) is 1.97. The molecule has 0 aliphatic rings. The molecule has 1 aromatic carbocycles. The van der Waals surface area contributed by atoms with Crippen molar-refractivity contribution in [1.82, 2.24) is 10.5 Å². The van der Waals surface area contributed by atoms with Crippen LogP contribution in [-0.4, -0.2) is 37.7 Å². The van der Waals surface area contributed by atoms with Crippen LogP contribution in [0.25, 0.3) is 0 Å². The summed E-state index contributed by atoms with van der Waals surface area (Å²) >= 11 is 0. The highest BCUT2D eigenvalue weighted by molar-refractivity contribution is 6.39. The molecule has 2 rings (SSSR count). The van der Waals surface area contributed by atoms with Crippen LogP contribution in [0.4, 0.5) is 5.82 Å². The van der Waals surface area contributed by atoms with Crippen molar-refractivity contribution in [3.63, 3.8) is 0 Å². The van der Waals surface area contributed by atoms with Gasteiger partial charge in [0.15, 0.2) is 5.82 Å². The largest absolute Gasteiger partial charge is 0.496 e. The van der Waals surface area contributed by atoms with Crippen molar-refractivity contribution in [2.45, 2.75) is 6.10 Å². The zero-order valence-electron chi connectivity index (χ0n) is 12.7. The second-order valence-electron chi connectivity index (χ2n) is 4.52. The van der Waals surface area contributed by atoms with E-state index in [-0.39, 0.29) is 12.4 Å². The van der Waals surface area contributed by atoms with Gasteiger partial charge in [-0.25, -0.2) is 0 Å². The van der Waals surface area contributed by atoms with E-state index in [1.807, 2.05) is 18.2 Å². The van der Waals surface area contributed by atoms with Gasteiger partial charge in [-0.1, -0.05) is 23.4 Å². The van der Waals surface area contributed by atoms with Crippen molar-refractivity contribution in [1.29, 1.82) is 0 Å². The molecule has 23 heavy (non-hydrogen) atoms. The number of hydrogen-bond acceptors (Lipinski definition) is 6. The number of anilines is 1. The highest BCUT2D eigenvalue weighted by atomic mass is 16.5. The molecule has 8 nitrogen and oxygen atoms in total. The quantitative estimate of drug-likeness (QED) is 0.774. The lowest BCUT2D eigenvalue weighted by molar-refractivity contribution is -0.136. The van der Waals surface area contributed by atoms with E-state index in [0.717, 1.165) is 5.56 Å². The SMILES string of the molecule is COc1ccccc1C(CNC(=O)C(=O)Nc1ccon1)OC. The summed E-state index contributed by atoms with van der Waals surface area (Å²) in [5.74, 6) is -0.836. The summed E-state index contributed by atoms with van der Waals surface area (Å²) in [6.45, 7) is 0.113. The highest BCUT2D eigenvalue weighted by Gasteiger charge is 2.19. The summed E-state index contributed by atoms with van der Waals surface area (Å²) < 4.78 is 15.2. The van der Waals surface area contributed by atoms with Crippen LogP contribution in [-0.2, 0) is 14.3 Å². The van der Waals surface area contributed by atoms with Crippen molar-refractivity contribution in [2.24, 2.45) is 0 Å².